The highest BCUT2D eigenvalue weighted by molar-refractivity contribution is 5.85. The molecule has 1 aromatic heterocycles. The van der Waals surface area contributed by atoms with Gasteiger partial charge in [0.15, 0.2) is 5.78 Å². The number of anilines is 1. The van der Waals surface area contributed by atoms with E-state index in [2.05, 4.69) is 16.8 Å². The Morgan fingerprint density at radius 3 is 3.21 bits per heavy atom. The number of carbonyl (C=O) groups excluding carboxylic acids is 1. The molecule has 5 heteroatoms. The predicted molar refractivity (Wildman–Crippen MR) is 73.8 cm³/mol. The number of pyridine rings is 1. The predicted octanol–water partition coefficient (Wildman–Crippen LogP) is 0.886. The van der Waals surface area contributed by atoms with Crippen molar-refractivity contribution in [2.45, 2.75) is 25.9 Å². The molecule has 0 aliphatic carbocycles. The first kappa shape index (κ1) is 14.0. The number of hydrogen-bond donors (Lipinski definition) is 1. The van der Waals surface area contributed by atoms with Crippen molar-refractivity contribution in [3.8, 4) is 0 Å². The van der Waals surface area contributed by atoms with Crippen LogP contribution in [0.15, 0.2) is 18.3 Å². The van der Waals surface area contributed by atoms with Gasteiger partial charge in [0.2, 0.25) is 0 Å². The van der Waals surface area contributed by atoms with Gasteiger partial charge in [0.25, 0.3) is 0 Å². The summed E-state index contributed by atoms with van der Waals surface area (Å²) < 4.78 is 5.58. The van der Waals surface area contributed by atoms with Crippen LogP contribution >= 0.6 is 0 Å². The fraction of sp³-hybridized carbons (Fsp3) is 0.571. The number of nitrogen functional groups attached to an aromatic ring is 1. The molecule has 104 valence electrons. The van der Waals surface area contributed by atoms with Crippen LogP contribution in [0.3, 0.4) is 0 Å². The van der Waals surface area contributed by atoms with E-state index >= 15 is 0 Å². The lowest BCUT2D eigenvalue weighted by Crippen LogP contribution is -2.46. The average Bonchev–Trinajstić information content (AvgIpc) is 2.39. The summed E-state index contributed by atoms with van der Waals surface area (Å²) in [6.07, 6.45) is 2.78. The normalized spacial score (nSPS) is 20.4. The number of ether oxygens (including phenoxy) is 1. The summed E-state index contributed by atoms with van der Waals surface area (Å²) in [5.41, 5.74) is 6.51. The molecule has 1 atom stereocenters. The first-order valence-corrected chi connectivity index (χ1v) is 6.76. The number of nitrogens with two attached hydrogens (primary N) is 1. The zero-order valence-corrected chi connectivity index (χ0v) is 11.3. The summed E-state index contributed by atoms with van der Waals surface area (Å²) in [5.74, 6) is 0.564. The number of carbonyl (C=O) groups is 1. The molecule has 5 nitrogen and oxygen atoms in total. The second-order valence-corrected chi connectivity index (χ2v) is 4.89. The molecule has 0 saturated carbocycles. The Morgan fingerprint density at radius 1 is 1.63 bits per heavy atom. The van der Waals surface area contributed by atoms with Crippen molar-refractivity contribution >= 4 is 11.6 Å². The van der Waals surface area contributed by atoms with Crippen molar-refractivity contribution in [1.82, 2.24) is 9.88 Å². The van der Waals surface area contributed by atoms with Gasteiger partial charge in [0, 0.05) is 25.7 Å². The smallest absolute Gasteiger partial charge is 0.167 e. The molecule has 19 heavy (non-hydrogen) atoms. The molecule has 0 radical (unpaired) electrons. The maximum Gasteiger partial charge on any atom is 0.167 e. The molecule has 0 amide bonds. The van der Waals surface area contributed by atoms with Crippen molar-refractivity contribution in [3.05, 3.63) is 23.9 Å². The first-order chi connectivity index (χ1) is 9.19. The van der Waals surface area contributed by atoms with Crippen molar-refractivity contribution < 1.29 is 9.53 Å². The summed E-state index contributed by atoms with van der Waals surface area (Å²) in [6.45, 7) is 5.42. The molecular formula is C14H21N3O2. The van der Waals surface area contributed by atoms with E-state index in [1.165, 1.54) is 0 Å². The van der Waals surface area contributed by atoms with E-state index in [0.29, 0.717) is 25.4 Å². The van der Waals surface area contributed by atoms with Gasteiger partial charge in [-0.1, -0.05) is 6.92 Å². The Balaban J connectivity index is 1.92. The number of nitrogens with zero attached hydrogens (tertiary/aromatic N) is 2. The molecule has 1 aliphatic rings. The van der Waals surface area contributed by atoms with Gasteiger partial charge in [-0.25, -0.2) is 4.98 Å². The van der Waals surface area contributed by atoms with Crippen LogP contribution in [-0.4, -0.2) is 48.0 Å². The number of rotatable bonds is 5. The summed E-state index contributed by atoms with van der Waals surface area (Å²) in [7, 11) is 0. The third-order valence-electron chi connectivity index (χ3n) is 3.27. The van der Waals surface area contributed by atoms with Gasteiger partial charge in [-0.3, -0.25) is 9.69 Å². The van der Waals surface area contributed by atoms with Crippen LogP contribution in [0.4, 0.5) is 5.82 Å². The number of hydrogen-bond acceptors (Lipinski definition) is 5. The van der Waals surface area contributed by atoms with Gasteiger partial charge in [-0.05, 0) is 30.7 Å². The maximum atomic E-state index is 12.2. The van der Waals surface area contributed by atoms with Gasteiger partial charge >= 0.3 is 0 Å². The molecule has 2 heterocycles. The molecule has 0 spiro atoms. The average molecular weight is 263 g/mol. The highest BCUT2D eigenvalue weighted by atomic mass is 16.5. The highest BCUT2D eigenvalue weighted by Gasteiger charge is 2.25. The van der Waals surface area contributed by atoms with E-state index in [1.807, 2.05) is 6.07 Å². The fourth-order valence-corrected chi connectivity index (χ4v) is 2.34. The van der Waals surface area contributed by atoms with E-state index in [1.54, 1.807) is 12.3 Å². The van der Waals surface area contributed by atoms with E-state index in [4.69, 9.17) is 10.5 Å². The molecule has 2 N–H and O–H groups in total. The molecule has 0 bridgehead atoms. The third kappa shape index (κ3) is 4.01. The quantitative estimate of drug-likeness (QED) is 0.854. The lowest BCUT2D eigenvalue weighted by atomic mass is 10.0. The molecule has 1 aromatic rings. The molecular weight excluding hydrogens is 242 g/mol. The minimum Gasteiger partial charge on any atom is -0.384 e. The third-order valence-corrected chi connectivity index (χ3v) is 3.27. The Labute approximate surface area is 113 Å². The Kier molecular flexibility index (Phi) is 4.87. The summed E-state index contributed by atoms with van der Waals surface area (Å²) in [5, 5.41) is 0. The lowest BCUT2D eigenvalue weighted by Gasteiger charge is -2.31. The minimum atomic E-state index is -0.310. The van der Waals surface area contributed by atoms with Crippen LogP contribution in [-0.2, 0) is 16.0 Å². The Bertz CT molecular complexity index is 434. The number of morpholine rings is 1. The minimum absolute atomic E-state index is 0.117. The van der Waals surface area contributed by atoms with Crippen LogP contribution in [0.5, 0.6) is 0 Å². The molecule has 1 unspecified atom stereocenters. The second kappa shape index (κ2) is 6.63. The van der Waals surface area contributed by atoms with Crippen LogP contribution in [0.1, 0.15) is 18.9 Å². The van der Waals surface area contributed by atoms with Crippen LogP contribution in [0.2, 0.25) is 0 Å². The second-order valence-electron chi connectivity index (χ2n) is 4.89. The van der Waals surface area contributed by atoms with Crippen molar-refractivity contribution in [1.29, 1.82) is 0 Å². The van der Waals surface area contributed by atoms with Gasteiger partial charge < -0.3 is 10.5 Å². The summed E-state index contributed by atoms with van der Waals surface area (Å²) >= 11 is 0. The van der Waals surface area contributed by atoms with E-state index in [9.17, 15) is 4.79 Å². The number of ketones is 1. The lowest BCUT2D eigenvalue weighted by molar-refractivity contribution is -0.135. The fourth-order valence-electron chi connectivity index (χ4n) is 2.34. The van der Waals surface area contributed by atoms with Gasteiger partial charge in [0.05, 0.1) is 6.61 Å². The Morgan fingerprint density at radius 2 is 2.47 bits per heavy atom. The molecule has 0 aromatic carbocycles. The van der Waals surface area contributed by atoms with Crippen molar-refractivity contribution in [2.24, 2.45) is 0 Å². The number of aromatic nitrogens is 1. The molecule has 1 saturated heterocycles. The Hall–Kier alpha value is -1.46. The van der Waals surface area contributed by atoms with Crippen molar-refractivity contribution in [2.75, 3.05) is 32.0 Å². The zero-order chi connectivity index (χ0) is 13.7. The van der Waals surface area contributed by atoms with E-state index in [0.717, 1.165) is 25.1 Å². The maximum absolute atomic E-state index is 12.2. The summed E-state index contributed by atoms with van der Waals surface area (Å²) in [6, 6.07) is 3.56. The van der Waals surface area contributed by atoms with E-state index < -0.39 is 0 Å². The standard InChI is InChI=1S/C14H21N3O2/c1-2-5-17-6-7-19-13(10-17)12(18)8-11-3-4-16-14(15)9-11/h3-4,9,13H,2,5-8,10H2,1H3,(H2,15,16). The molecule has 2 rings (SSSR count). The van der Waals surface area contributed by atoms with Crippen LogP contribution in [0, 0.1) is 0 Å². The highest BCUT2D eigenvalue weighted by Crippen LogP contribution is 2.11. The van der Waals surface area contributed by atoms with Crippen molar-refractivity contribution in [3.63, 3.8) is 0 Å². The van der Waals surface area contributed by atoms with Gasteiger partial charge in [0.1, 0.15) is 11.9 Å². The SMILES string of the molecule is CCCN1CCOC(C(=O)Cc2ccnc(N)c2)C1. The van der Waals surface area contributed by atoms with E-state index in [-0.39, 0.29) is 11.9 Å². The zero-order valence-electron chi connectivity index (χ0n) is 11.3. The topological polar surface area (TPSA) is 68.5 Å². The van der Waals surface area contributed by atoms with Gasteiger partial charge in [-0.2, -0.15) is 0 Å². The molecule has 1 aliphatic heterocycles. The van der Waals surface area contributed by atoms with Crippen LogP contribution < -0.4 is 5.73 Å². The first-order valence-electron chi connectivity index (χ1n) is 6.76. The largest absolute Gasteiger partial charge is 0.384 e. The van der Waals surface area contributed by atoms with Crippen LogP contribution in [0.25, 0.3) is 0 Å². The number of Topliss-reactive ketones (excluding diaryl/α,β-unsaturated/α-hetero) is 1. The monoisotopic (exact) mass is 263 g/mol. The molecule has 1 fully saturated rings. The summed E-state index contributed by atoms with van der Waals surface area (Å²) in [4.78, 5) is 18.4. The van der Waals surface area contributed by atoms with Gasteiger partial charge in [-0.15, -0.1) is 0 Å².